The summed E-state index contributed by atoms with van der Waals surface area (Å²) in [6.07, 6.45) is 2.90. The van der Waals surface area contributed by atoms with Gasteiger partial charge in [0.25, 0.3) is 0 Å². The first-order valence-electron chi connectivity index (χ1n) is 10.8. The lowest BCUT2D eigenvalue weighted by Gasteiger charge is -2.13. The molecule has 0 radical (unpaired) electrons. The number of benzene rings is 1. The largest absolute Gasteiger partial charge is 0.495 e. The molecule has 182 valence electrons. The maximum Gasteiger partial charge on any atom is 0.231 e. The number of rotatable bonds is 9. The molecule has 0 atom stereocenters. The Morgan fingerprint density at radius 1 is 0.971 bits per heavy atom. The van der Waals surface area contributed by atoms with Gasteiger partial charge in [0, 0.05) is 23.9 Å². The molecule has 4 aromatic rings. The van der Waals surface area contributed by atoms with Gasteiger partial charge in [-0.1, -0.05) is 13.8 Å². The minimum atomic E-state index is -0.269. The van der Waals surface area contributed by atoms with Gasteiger partial charge < -0.3 is 24.3 Å². The van der Waals surface area contributed by atoms with Crippen molar-refractivity contribution in [1.29, 1.82) is 0 Å². The van der Waals surface area contributed by atoms with Gasteiger partial charge in [-0.15, -0.1) is 0 Å². The van der Waals surface area contributed by atoms with Crippen LogP contribution in [-0.2, 0) is 11.2 Å². The molecule has 0 aliphatic carbocycles. The fourth-order valence-electron chi connectivity index (χ4n) is 3.41. The van der Waals surface area contributed by atoms with Gasteiger partial charge in [-0.3, -0.25) is 14.9 Å². The van der Waals surface area contributed by atoms with E-state index in [4.69, 9.17) is 18.9 Å². The molecule has 11 nitrogen and oxygen atoms in total. The van der Waals surface area contributed by atoms with Crippen LogP contribution in [0.2, 0.25) is 0 Å². The molecule has 0 fully saturated rings. The molecule has 0 bridgehead atoms. The number of nitrogens with one attached hydrogen (secondary N) is 2. The Bertz CT molecular complexity index is 1350. The lowest BCUT2D eigenvalue weighted by Crippen LogP contribution is -2.16. The van der Waals surface area contributed by atoms with Gasteiger partial charge in [-0.2, -0.15) is 5.10 Å². The molecule has 1 amide bonds. The van der Waals surface area contributed by atoms with Crippen molar-refractivity contribution in [3.8, 4) is 28.9 Å². The zero-order valence-corrected chi connectivity index (χ0v) is 20.1. The summed E-state index contributed by atoms with van der Waals surface area (Å²) in [5.74, 6) is 2.63. The highest BCUT2D eigenvalue weighted by molar-refractivity contribution is 5.91. The predicted octanol–water partition coefficient (Wildman–Crippen LogP) is 3.87. The number of nitrogens with zero attached hydrogens (tertiary/aromatic N) is 4. The molecular weight excluding hydrogens is 452 g/mol. The van der Waals surface area contributed by atoms with E-state index in [0.29, 0.717) is 51.3 Å². The molecule has 0 spiro atoms. The number of methoxy groups -OCH3 is 3. The van der Waals surface area contributed by atoms with Crippen LogP contribution in [0.5, 0.6) is 28.9 Å². The number of aromatic nitrogens is 5. The molecule has 3 heterocycles. The molecular formula is C24H26N6O5. The molecule has 0 saturated heterocycles. The van der Waals surface area contributed by atoms with Crippen molar-refractivity contribution in [2.45, 2.75) is 26.2 Å². The normalized spacial score (nSPS) is 10.9. The van der Waals surface area contributed by atoms with Crippen LogP contribution >= 0.6 is 0 Å². The summed E-state index contributed by atoms with van der Waals surface area (Å²) in [4.78, 5) is 25.4. The summed E-state index contributed by atoms with van der Waals surface area (Å²) in [5, 5.41) is 10.4. The number of ether oxygens (including phenoxy) is 4. The first-order valence-corrected chi connectivity index (χ1v) is 10.8. The number of carbonyl (C=O) groups is 1. The van der Waals surface area contributed by atoms with Gasteiger partial charge in [0.2, 0.25) is 11.8 Å². The average molecular weight is 479 g/mol. The van der Waals surface area contributed by atoms with Crippen LogP contribution in [0.25, 0.3) is 10.9 Å². The number of hydrogen-bond acceptors (Lipinski definition) is 9. The van der Waals surface area contributed by atoms with Gasteiger partial charge >= 0.3 is 0 Å². The Hall–Kier alpha value is -4.41. The van der Waals surface area contributed by atoms with E-state index in [-0.39, 0.29) is 18.2 Å². The quantitative estimate of drug-likeness (QED) is 0.368. The van der Waals surface area contributed by atoms with Gasteiger partial charge in [0.15, 0.2) is 23.1 Å². The summed E-state index contributed by atoms with van der Waals surface area (Å²) >= 11 is 0. The zero-order valence-electron chi connectivity index (χ0n) is 20.1. The molecule has 0 saturated carbocycles. The molecule has 1 aromatic carbocycles. The van der Waals surface area contributed by atoms with Crippen LogP contribution in [-0.4, -0.2) is 52.4 Å². The lowest BCUT2D eigenvalue weighted by atomic mass is 10.1. The zero-order chi connectivity index (χ0) is 24.9. The first kappa shape index (κ1) is 23.7. The molecule has 0 aliphatic heterocycles. The van der Waals surface area contributed by atoms with E-state index in [9.17, 15) is 4.79 Å². The summed E-state index contributed by atoms with van der Waals surface area (Å²) in [6.45, 7) is 4.07. The Morgan fingerprint density at radius 2 is 1.71 bits per heavy atom. The number of pyridine rings is 1. The summed E-state index contributed by atoms with van der Waals surface area (Å²) in [6, 6.07) is 6.94. The number of fused-ring (bicyclic) bond motifs is 1. The second-order valence-electron chi connectivity index (χ2n) is 7.91. The number of hydrogen-bond donors (Lipinski definition) is 2. The Balaban J connectivity index is 1.53. The number of anilines is 1. The van der Waals surface area contributed by atoms with E-state index in [1.807, 2.05) is 13.8 Å². The van der Waals surface area contributed by atoms with Gasteiger partial charge in [-0.05, 0) is 12.0 Å². The van der Waals surface area contributed by atoms with E-state index in [1.54, 1.807) is 38.5 Å². The highest BCUT2D eigenvalue weighted by Crippen LogP contribution is 2.36. The van der Waals surface area contributed by atoms with Crippen LogP contribution in [0.4, 0.5) is 5.82 Å². The summed E-state index contributed by atoms with van der Waals surface area (Å²) in [5.41, 5.74) is 2.02. The van der Waals surface area contributed by atoms with E-state index < -0.39 is 0 Å². The SMILES string of the molecule is COc1cc2ncnc(Oc3cnc(CC(=O)Nc4cc(C(C)C)[nH]n4)c(OC)c3)c2cc1OC. The third-order valence-corrected chi connectivity index (χ3v) is 5.26. The number of amides is 1. The fourth-order valence-corrected chi connectivity index (χ4v) is 3.41. The number of H-pyrrole nitrogens is 1. The first-order chi connectivity index (χ1) is 16.9. The molecule has 0 unspecified atom stereocenters. The summed E-state index contributed by atoms with van der Waals surface area (Å²) < 4.78 is 22.2. The Labute approximate surface area is 201 Å². The highest BCUT2D eigenvalue weighted by Gasteiger charge is 2.16. The molecule has 4 rings (SSSR count). The van der Waals surface area contributed by atoms with Crippen LogP contribution in [0.1, 0.15) is 31.2 Å². The van der Waals surface area contributed by atoms with Crippen molar-refractivity contribution in [3.63, 3.8) is 0 Å². The van der Waals surface area contributed by atoms with E-state index >= 15 is 0 Å². The maximum absolute atomic E-state index is 12.5. The van der Waals surface area contributed by atoms with Crippen molar-refractivity contribution < 1.29 is 23.7 Å². The standard InChI is InChI=1S/C24H26N6O5/c1-13(2)16-9-22(30-29-16)28-23(31)10-18-19(32-3)6-14(11-25-18)35-24-15-7-20(33-4)21(34-5)8-17(15)26-12-27-24/h6-9,11-13H,10H2,1-5H3,(H2,28,29,30,31). The van der Waals surface area contributed by atoms with E-state index in [2.05, 4.69) is 30.5 Å². The Morgan fingerprint density at radius 3 is 2.40 bits per heavy atom. The van der Waals surface area contributed by atoms with Crippen LogP contribution < -0.4 is 24.3 Å². The second kappa shape index (κ2) is 10.2. The van der Waals surface area contributed by atoms with Crippen molar-refractivity contribution in [2.24, 2.45) is 0 Å². The van der Waals surface area contributed by atoms with Crippen molar-refractivity contribution in [2.75, 3.05) is 26.6 Å². The third kappa shape index (κ3) is 5.24. The van der Waals surface area contributed by atoms with E-state index in [1.165, 1.54) is 19.6 Å². The fraction of sp³-hybridized carbons (Fsp3) is 0.292. The monoisotopic (exact) mass is 478 g/mol. The second-order valence-corrected chi connectivity index (χ2v) is 7.91. The maximum atomic E-state index is 12.5. The smallest absolute Gasteiger partial charge is 0.231 e. The third-order valence-electron chi connectivity index (χ3n) is 5.26. The minimum absolute atomic E-state index is 0.000750. The molecule has 3 aromatic heterocycles. The van der Waals surface area contributed by atoms with Gasteiger partial charge in [-0.25, -0.2) is 9.97 Å². The highest BCUT2D eigenvalue weighted by atomic mass is 16.5. The Kier molecular flexibility index (Phi) is 6.95. The van der Waals surface area contributed by atoms with Crippen LogP contribution in [0.15, 0.2) is 36.8 Å². The average Bonchev–Trinajstić information content (AvgIpc) is 3.33. The molecule has 35 heavy (non-hydrogen) atoms. The van der Waals surface area contributed by atoms with Crippen LogP contribution in [0.3, 0.4) is 0 Å². The van der Waals surface area contributed by atoms with Crippen molar-refractivity contribution in [1.82, 2.24) is 25.1 Å². The van der Waals surface area contributed by atoms with E-state index in [0.717, 1.165) is 5.69 Å². The van der Waals surface area contributed by atoms with Crippen LogP contribution in [0, 0.1) is 0 Å². The summed E-state index contributed by atoms with van der Waals surface area (Å²) in [7, 11) is 4.61. The minimum Gasteiger partial charge on any atom is -0.495 e. The lowest BCUT2D eigenvalue weighted by molar-refractivity contribution is -0.115. The molecule has 11 heteroatoms. The van der Waals surface area contributed by atoms with Crippen molar-refractivity contribution >= 4 is 22.6 Å². The predicted molar refractivity (Wildman–Crippen MR) is 129 cm³/mol. The molecule has 2 N–H and O–H groups in total. The topological polar surface area (TPSA) is 133 Å². The van der Waals surface area contributed by atoms with Gasteiger partial charge in [0.1, 0.15) is 12.1 Å². The molecule has 0 aliphatic rings. The van der Waals surface area contributed by atoms with Crippen molar-refractivity contribution in [3.05, 3.63) is 48.2 Å². The number of carbonyl (C=O) groups excluding carboxylic acids is 1. The van der Waals surface area contributed by atoms with Gasteiger partial charge in [0.05, 0.1) is 50.5 Å². The number of aromatic amines is 1.